The Morgan fingerprint density at radius 3 is 2.91 bits per heavy atom. The Morgan fingerprint density at radius 2 is 2.36 bits per heavy atom. The summed E-state index contributed by atoms with van der Waals surface area (Å²) in [5, 5.41) is 1.13. The summed E-state index contributed by atoms with van der Waals surface area (Å²) in [4.78, 5) is 0. The molecule has 1 nitrogen and oxygen atoms in total. The van der Waals surface area contributed by atoms with Gasteiger partial charge in [-0.15, -0.1) is 0 Å². The van der Waals surface area contributed by atoms with E-state index in [1.165, 1.54) is 12.8 Å². The highest BCUT2D eigenvalue weighted by Gasteiger charge is 2.30. The van der Waals surface area contributed by atoms with Crippen molar-refractivity contribution in [3.8, 4) is 0 Å². The van der Waals surface area contributed by atoms with E-state index in [4.69, 9.17) is 4.74 Å². The van der Waals surface area contributed by atoms with Gasteiger partial charge in [-0.3, -0.25) is 0 Å². The van der Waals surface area contributed by atoms with Gasteiger partial charge in [-0.1, -0.05) is 22.9 Å². The van der Waals surface area contributed by atoms with Crippen molar-refractivity contribution in [2.45, 2.75) is 38.7 Å². The fourth-order valence-electron chi connectivity index (χ4n) is 1.62. The van der Waals surface area contributed by atoms with Crippen molar-refractivity contribution in [1.82, 2.24) is 0 Å². The molecule has 2 heteroatoms. The first kappa shape index (κ1) is 9.53. The monoisotopic (exact) mass is 220 g/mol. The SMILES string of the molecule is CCC1(C)CC(CBr)CCO1. The number of hydrogen-bond acceptors (Lipinski definition) is 1. The highest BCUT2D eigenvalue weighted by Crippen LogP contribution is 2.32. The van der Waals surface area contributed by atoms with Crippen molar-refractivity contribution < 1.29 is 4.74 Å². The van der Waals surface area contributed by atoms with E-state index in [0.29, 0.717) is 0 Å². The molecule has 1 aliphatic heterocycles. The summed E-state index contributed by atoms with van der Waals surface area (Å²) in [5.41, 5.74) is 0.163. The minimum Gasteiger partial charge on any atom is -0.375 e. The van der Waals surface area contributed by atoms with Crippen LogP contribution in [0.15, 0.2) is 0 Å². The van der Waals surface area contributed by atoms with E-state index in [1.807, 2.05) is 0 Å². The molecule has 2 unspecified atom stereocenters. The number of rotatable bonds is 2. The van der Waals surface area contributed by atoms with E-state index < -0.39 is 0 Å². The van der Waals surface area contributed by atoms with Crippen molar-refractivity contribution in [3.63, 3.8) is 0 Å². The lowest BCUT2D eigenvalue weighted by Crippen LogP contribution is -2.36. The van der Waals surface area contributed by atoms with Gasteiger partial charge in [0.2, 0.25) is 0 Å². The molecule has 1 fully saturated rings. The minimum atomic E-state index is 0.163. The Bertz CT molecular complexity index is 127. The van der Waals surface area contributed by atoms with Crippen molar-refractivity contribution in [2.75, 3.05) is 11.9 Å². The molecule has 1 saturated heterocycles. The second-order valence-corrected chi connectivity index (χ2v) is 4.31. The molecule has 0 aromatic heterocycles. The van der Waals surface area contributed by atoms with Gasteiger partial charge in [-0.25, -0.2) is 0 Å². The predicted octanol–water partition coefficient (Wildman–Crippen LogP) is 2.98. The molecule has 0 aromatic carbocycles. The van der Waals surface area contributed by atoms with Gasteiger partial charge in [-0.05, 0) is 32.1 Å². The number of hydrogen-bond donors (Lipinski definition) is 0. The van der Waals surface area contributed by atoms with E-state index in [9.17, 15) is 0 Å². The van der Waals surface area contributed by atoms with Crippen molar-refractivity contribution in [2.24, 2.45) is 5.92 Å². The first-order valence-electron chi connectivity index (χ1n) is 4.40. The van der Waals surface area contributed by atoms with Gasteiger partial charge in [0, 0.05) is 11.9 Å². The Hall–Kier alpha value is 0.440. The molecule has 0 bridgehead atoms. The van der Waals surface area contributed by atoms with Crippen LogP contribution < -0.4 is 0 Å². The predicted molar refractivity (Wildman–Crippen MR) is 51.2 cm³/mol. The molecular weight excluding hydrogens is 204 g/mol. The van der Waals surface area contributed by atoms with Crippen LogP contribution in [0.4, 0.5) is 0 Å². The van der Waals surface area contributed by atoms with E-state index >= 15 is 0 Å². The topological polar surface area (TPSA) is 9.23 Å². The summed E-state index contributed by atoms with van der Waals surface area (Å²) >= 11 is 3.54. The average molecular weight is 221 g/mol. The molecule has 0 N–H and O–H groups in total. The van der Waals surface area contributed by atoms with Crippen molar-refractivity contribution >= 4 is 15.9 Å². The molecule has 0 aromatic rings. The third-order valence-corrected chi connectivity index (χ3v) is 3.58. The second-order valence-electron chi connectivity index (χ2n) is 3.67. The van der Waals surface area contributed by atoms with Crippen LogP contribution >= 0.6 is 15.9 Å². The molecule has 66 valence electrons. The van der Waals surface area contributed by atoms with Gasteiger partial charge in [0.25, 0.3) is 0 Å². The van der Waals surface area contributed by atoms with Crippen molar-refractivity contribution in [1.29, 1.82) is 0 Å². The number of alkyl halides is 1. The summed E-state index contributed by atoms with van der Waals surface area (Å²) in [6.45, 7) is 5.37. The maximum absolute atomic E-state index is 5.73. The van der Waals surface area contributed by atoms with Crippen LogP contribution in [-0.2, 0) is 4.74 Å². The van der Waals surface area contributed by atoms with Crippen LogP contribution in [0.2, 0.25) is 0 Å². The zero-order chi connectivity index (χ0) is 8.32. The van der Waals surface area contributed by atoms with E-state index in [2.05, 4.69) is 29.8 Å². The first-order chi connectivity index (χ1) is 5.20. The molecular formula is C9H17BrO. The Kier molecular flexibility index (Phi) is 3.38. The maximum Gasteiger partial charge on any atom is 0.0654 e. The molecule has 1 heterocycles. The molecule has 0 aliphatic carbocycles. The number of ether oxygens (including phenoxy) is 1. The minimum absolute atomic E-state index is 0.163. The van der Waals surface area contributed by atoms with Crippen LogP contribution in [0.25, 0.3) is 0 Å². The summed E-state index contributed by atoms with van der Waals surface area (Å²) in [5.74, 6) is 0.827. The molecule has 0 amide bonds. The zero-order valence-corrected chi connectivity index (χ0v) is 8.99. The number of halogens is 1. The molecule has 1 aliphatic rings. The molecule has 11 heavy (non-hydrogen) atoms. The highest BCUT2D eigenvalue weighted by molar-refractivity contribution is 9.09. The fourth-order valence-corrected chi connectivity index (χ4v) is 2.17. The van der Waals surface area contributed by atoms with Crippen LogP contribution in [0.3, 0.4) is 0 Å². The Balaban J connectivity index is 2.44. The van der Waals surface area contributed by atoms with Crippen molar-refractivity contribution in [3.05, 3.63) is 0 Å². The molecule has 1 rings (SSSR count). The van der Waals surface area contributed by atoms with Gasteiger partial charge in [0.15, 0.2) is 0 Å². The van der Waals surface area contributed by atoms with Crippen LogP contribution in [0.1, 0.15) is 33.1 Å². The quantitative estimate of drug-likeness (QED) is 0.651. The molecule has 2 atom stereocenters. The first-order valence-corrected chi connectivity index (χ1v) is 5.52. The lowest BCUT2D eigenvalue weighted by Gasteiger charge is -2.37. The van der Waals surface area contributed by atoms with Gasteiger partial charge in [-0.2, -0.15) is 0 Å². The third kappa shape index (κ3) is 2.45. The Morgan fingerprint density at radius 1 is 1.64 bits per heavy atom. The van der Waals surface area contributed by atoms with Crippen LogP contribution in [0, 0.1) is 5.92 Å². The average Bonchev–Trinajstić information content (AvgIpc) is 2.05. The lowest BCUT2D eigenvalue weighted by atomic mass is 9.87. The van der Waals surface area contributed by atoms with E-state index in [1.54, 1.807) is 0 Å². The largest absolute Gasteiger partial charge is 0.375 e. The van der Waals surface area contributed by atoms with Gasteiger partial charge in [0.1, 0.15) is 0 Å². The van der Waals surface area contributed by atoms with E-state index in [-0.39, 0.29) is 5.60 Å². The molecule has 0 radical (unpaired) electrons. The molecule has 0 saturated carbocycles. The van der Waals surface area contributed by atoms with Gasteiger partial charge >= 0.3 is 0 Å². The maximum atomic E-state index is 5.73. The zero-order valence-electron chi connectivity index (χ0n) is 7.40. The summed E-state index contributed by atoms with van der Waals surface area (Å²) < 4.78 is 5.73. The Labute approximate surface area is 77.6 Å². The van der Waals surface area contributed by atoms with Gasteiger partial charge < -0.3 is 4.74 Å². The summed E-state index contributed by atoms with van der Waals surface area (Å²) in [6.07, 6.45) is 3.58. The second kappa shape index (κ2) is 3.90. The van der Waals surface area contributed by atoms with Crippen LogP contribution in [-0.4, -0.2) is 17.5 Å². The normalized spacial score (nSPS) is 39.0. The smallest absolute Gasteiger partial charge is 0.0654 e. The summed E-state index contributed by atoms with van der Waals surface area (Å²) in [7, 11) is 0. The van der Waals surface area contributed by atoms with Gasteiger partial charge in [0.05, 0.1) is 5.60 Å². The molecule has 0 spiro atoms. The summed E-state index contributed by atoms with van der Waals surface area (Å²) in [6, 6.07) is 0. The highest BCUT2D eigenvalue weighted by atomic mass is 79.9. The fraction of sp³-hybridized carbons (Fsp3) is 1.00. The van der Waals surface area contributed by atoms with Crippen LogP contribution in [0.5, 0.6) is 0 Å². The lowest BCUT2D eigenvalue weighted by molar-refractivity contribution is -0.0830. The van der Waals surface area contributed by atoms with E-state index in [0.717, 1.165) is 24.3 Å². The third-order valence-electron chi connectivity index (χ3n) is 2.66. The standard InChI is InChI=1S/C9H17BrO/c1-3-9(2)6-8(7-10)4-5-11-9/h8H,3-7H2,1-2H3.